The van der Waals surface area contributed by atoms with E-state index < -0.39 is 0 Å². The SMILES string of the molecule is O=C(c1ccc(CN2C(=O)NC3CCCCC3C2=O)cc1)N1CCN(c2ncccn2)CC1. The van der Waals surface area contributed by atoms with E-state index in [9.17, 15) is 14.4 Å². The predicted octanol–water partition coefficient (Wildman–Crippen LogP) is 2.05. The second kappa shape index (κ2) is 9.17. The van der Waals surface area contributed by atoms with Gasteiger partial charge in [0, 0.05) is 50.2 Å². The first-order chi connectivity index (χ1) is 16.1. The normalized spacial score (nSPS) is 23.2. The van der Waals surface area contributed by atoms with Crippen LogP contribution >= 0.6 is 0 Å². The summed E-state index contributed by atoms with van der Waals surface area (Å²) in [6.07, 6.45) is 7.22. The zero-order valence-corrected chi connectivity index (χ0v) is 18.5. The molecular formula is C24H28N6O3. The Morgan fingerprint density at radius 2 is 1.67 bits per heavy atom. The first-order valence-corrected chi connectivity index (χ1v) is 11.6. The molecule has 0 bridgehead atoms. The lowest BCUT2D eigenvalue weighted by Gasteiger charge is -2.40. The topological polar surface area (TPSA) is 98.7 Å². The zero-order valence-electron chi connectivity index (χ0n) is 18.5. The maximum Gasteiger partial charge on any atom is 0.324 e. The predicted molar refractivity (Wildman–Crippen MR) is 121 cm³/mol. The number of anilines is 1. The fourth-order valence-electron chi connectivity index (χ4n) is 4.97. The van der Waals surface area contributed by atoms with E-state index in [0.717, 1.165) is 31.2 Å². The first kappa shape index (κ1) is 21.4. The fourth-order valence-corrected chi connectivity index (χ4v) is 4.97. The number of urea groups is 1. The highest BCUT2D eigenvalue weighted by molar-refractivity contribution is 5.98. The van der Waals surface area contributed by atoms with E-state index >= 15 is 0 Å². The molecule has 4 amide bonds. The third-order valence-corrected chi connectivity index (χ3v) is 6.85. The highest BCUT2D eigenvalue weighted by Gasteiger charge is 2.41. The van der Waals surface area contributed by atoms with E-state index in [1.165, 1.54) is 4.90 Å². The van der Waals surface area contributed by atoms with E-state index in [0.29, 0.717) is 37.7 Å². The Hall–Kier alpha value is -3.49. The molecule has 1 saturated carbocycles. The number of nitrogens with zero attached hydrogens (tertiary/aromatic N) is 5. The van der Waals surface area contributed by atoms with Gasteiger partial charge in [-0.25, -0.2) is 14.8 Å². The standard InChI is InChI=1S/C24H28N6O3/c31-21(28-12-14-29(15-13-28)23-25-10-3-11-26-23)18-8-6-17(7-9-18)16-30-22(32)19-4-1-2-5-20(19)27-24(30)33/h3,6-11,19-20H,1-2,4-5,12-16H2,(H,27,33). The van der Waals surface area contributed by atoms with Gasteiger partial charge in [0.2, 0.25) is 11.9 Å². The van der Waals surface area contributed by atoms with Crippen molar-refractivity contribution in [2.45, 2.75) is 38.3 Å². The summed E-state index contributed by atoms with van der Waals surface area (Å²) >= 11 is 0. The van der Waals surface area contributed by atoms with Gasteiger partial charge in [-0.2, -0.15) is 0 Å². The van der Waals surface area contributed by atoms with Gasteiger partial charge in [0.05, 0.1) is 12.5 Å². The number of piperazine rings is 1. The van der Waals surface area contributed by atoms with E-state index in [1.807, 2.05) is 17.0 Å². The van der Waals surface area contributed by atoms with Crippen molar-refractivity contribution in [2.75, 3.05) is 31.1 Å². The molecular weight excluding hydrogens is 420 g/mol. The molecule has 2 aromatic rings. The Kier molecular flexibility index (Phi) is 5.93. The molecule has 1 N–H and O–H groups in total. The molecule has 0 radical (unpaired) electrons. The van der Waals surface area contributed by atoms with Crippen molar-refractivity contribution < 1.29 is 14.4 Å². The summed E-state index contributed by atoms with van der Waals surface area (Å²) in [4.78, 5) is 52.1. The number of hydrogen-bond acceptors (Lipinski definition) is 6. The molecule has 9 nitrogen and oxygen atoms in total. The Bertz CT molecular complexity index is 1020. The fraction of sp³-hybridized carbons (Fsp3) is 0.458. The van der Waals surface area contributed by atoms with Crippen molar-refractivity contribution in [3.8, 4) is 0 Å². The van der Waals surface area contributed by atoms with Crippen molar-refractivity contribution in [2.24, 2.45) is 5.92 Å². The minimum absolute atomic E-state index is 0.0213. The van der Waals surface area contributed by atoms with Crippen LogP contribution in [0.2, 0.25) is 0 Å². The average molecular weight is 449 g/mol. The molecule has 2 saturated heterocycles. The van der Waals surface area contributed by atoms with Crippen LogP contribution in [0.25, 0.3) is 0 Å². The third kappa shape index (κ3) is 4.40. The van der Waals surface area contributed by atoms with Crippen LogP contribution in [0.3, 0.4) is 0 Å². The van der Waals surface area contributed by atoms with Gasteiger partial charge in [-0.15, -0.1) is 0 Å². The minimum Gasteiger partial charge on any atom is -0.337 e. The van der Waals surface area contributed by atoms with Crippen LogP contribution in [0.5, 0.6) is 0 Å². The summed E-state index contributed by atoms with van der Waals surface area (Å²) in [5, 5.41) is 3.00. The van der Waals surface area contributed by atoms with Crippen LogP contribution in [0.15, 0.2) is 42.7 Å². The molecule has 2 atom stereocenters. The van der Waals surface area contributed by atoms with Crippen LogP contribution < -0.4 is 10.2 Å². The van der Waals surface area contributed by atoms with Crippen molar-refractivity contribution in [3.63, 3.8) is 0 Å². The highest BCUT2D eigenvalue weighted by Crippen LogP contribution is 2.30. The summed E-state index contributed by atoms with van der Waals surface area (Å²) in [7, 11) is 0. The number of rotatable bonds is 4. The molecule has 172 valence electrons. The summed E-state index contributed by atoms with van der Waals surface area (Å²) in [6.45, 7) is 2.79. The van der Waals surface area contributed by atoms with Gasteiger partial charge >= 0.3 is 6.03 Å². The molecule has 1 aromatic carbocycles. The van der Waals surface area contributed by atoms with Gasteiger partial charge in [-0.3, -0.25) is 14.5 Å². The molecule has 3 aliphatic rings. The van der Waals surface area contributed by atoms with E-state index in [-0.39, 0.29) is 36.3 Å². The molecule has 5 rings (SSSR count). The lowest BCUT2D eigenvalue weighted by Crippen LogP contribution is -2.60. The summed E-state index contributed by atoms with van der Waals surface area (Å²) in [6, 6.07) is 8.66. The summed E-state index contributed by atoms with van der Waals surface area (Å²) in [5.41, 5.74) is 1.43. The van der Waals surface area contributed by atoms with Gasteiger partial charge in [-0.1, -0.05) is 25.0 Å². The van der Waals surface area contributed by atoms with Gasteiger partial charge < -0.3 is 15.1 Å². The Morgan fingerprint density at radius 1 is 0.970 bits per heavy atom. The molecule has 2 aliphatic heterocycles. The summed E-state index contributed by atoms with van der Waals surface area (Å²) in [5.74, 6) is 0.470. The second-order valence-electron chi connectivity index (χ2n) is 8.90. The highest BCUT2D eigenvalue weighted by atomic mass is 16.2. The Labute approximate surface area is 192 Å². The number of carbonyl (C=O) groups excluding carboxylic acids is 3. The molecule has 33 heavy (non-hydrogen) atoms. The number of aromatic nitrogens is 2. The van der Waals surface area contributed by atoms with Gasteiger partial charge in [0.15, 0.2) is 0 Å². The van der Waals surface area contributed by atoms with Gasteiger partial charge in [0.1, 0.15) is 0 Å². The molecule has 2 unspecified atom stereocenters. The number of hydrogen-bond donors (Lipinski definition) is 1. The maximum absolute atomic E-state index is 13.0. The maximum atomic E-state index is 13.0. The Balaban J connectivity index is 1.19. The molecule has 1 aliphatic carbocycles. The lowest BCUT2D eigenvalue weighted by atomic mass is 9.82. The monoisotopic (exact) mass is 448 g/mol. The number of amides is 4. The molecule has 9 heteroatoms. The third-order valence-electron chi connectivity index (χ3n) is 6.85. The second-order valence-corrected chi connectivity index (χ2v) is 8.90. The Morgan fingerprint density at radius 3 is 2.39 bits per heavy atom. The molecule has 1 aromatic heterocycles. The van der Waals surface area contributed by atoms with E-state index in [1.54, 1.807) is 30.6 Å². The van der Waals surface area contributed by atoms with Crippen LogP contribution in [0.1, 0.15) is 41.6 Å². The van der Waals surface area contributed by atoms with E-state index in [2.05, 4.69) is 20.2 Å². The lowest BCUT2D eigenvalue weighted by molar-refractivity contribution is -0.137. The van der Waals surface area contributed by atoms with E-state index in [4.69, 9.17) is 0 Å². The van der Waals surface area contributed by atoms with Crippen molar-refractivity contribution in [1.29, 1.82) is 0 Å². The summed E-state index contributed by atoms with van der Waals surface area (Å²) < 4.78 is 0. The van der Waals surface area contributed by atoms with Gasteiger partial charge in [-0.05, 0) is 36.6 Å². The quantitative estimate of drug-likeness (QED) is 0.769. The smallest absolute Gasteiger partial charge is 0.324 e. The van der Waals surface area contributed by atoms with Gasteiger partial charge in [0.25, 0.3) is 5.91 Å². The van der Waals surface area contributed by atoms with Crippen LogP contribution in [-0.4, -0.2) is 69.8 Å². The number of nitrogens with one attached hydrogen (secondary N) is 1. The van der Waals surface area contributed by atoms with Crippen LogP contribution in [0.4, 0.5) is 10.7 Å². The van der Waals surface area contributed by atoms with Crippen LogP contribution in [0, 0.1) is 5.92 Å². The number of fused-ring (bicyclic) bond motifs is 1. The first-order valence-electron chi connectivity index (χ1n) is 11.6. The molecule has 3 fully saturated rings. The van der Waals surface area contributed by atoms with Crippen molar-refractivity contribution >= 4 is 23.8 Å². The minimum atomic E-state index is -0.316. The average Bonchev–Trinajstić information content (AvgIpc) is 2.87. The van der Waals surface area contributed by atoms with Crippen LogP contribution in [-0.2, 0) is 11.3 Å². The molecule has 3 heterocycles. The van der Waals surface area contributed by atoms with Crippen molar-refractivity contribution in [3.05, 3.63) is 53.9 Å². The number of benzene rings is 1. The molecule has 0 spiro atoms. The zero-order chi connectivity index (χ0) is 22.8. The number of imide groups is 1. The largest absolute Gasteiger partial charge is 0.337 e. The number of carbonyl (C=O) groups is 3. The van der Waals surface area contributed by atoms with Crippen molar-refractivity contribution in [1.82, 2.24) is 25.1 Å².